The lowest BCUT2D eigenvalue weighted by atomic mass is 10.0. The summed E-state index contributed by atoms with van der Waals surface area (Å²) in [5, 5.41) is 2.74. The zero-order chi connectivity index (χ0) is 15.4. The number of hydrogen-bond acceptors (Lipinski definition) is 3. The highest BCUT2D eigenvalue weighted by molar-refractivity contribution is 6.04. The molecule has 1 atom stereocenters. The molecule has 0 radical (unpaired) electrons. The molecule has 5 heteroatoms. The normalized spacial score (nSPS) is 18.3. The first kappa shape index (κ1) is 15.4. The van der Waals surface area contributed by atoms with Crippen molar-refractivity contribution in [3.63, 3.8) is 0 Å². The third-order valence-electron chi connectivity index (χ3n) is 3.74. The van der Waals surface area contributed by atoms with Crippen molar-refractivity contribution in [1.29, 1.82) is 0 Å². The number of imide groups is 1. The van der Waals surface area contributed by atoms with E-state index in [0.717, 1.165) is 24.2 Å². The van der Waals surface area contributed by atoms with E-state index in [1.54, 1.807) is 7.11 Å². The number of amides is 3. The molecule has 1 unspecified atom stereocenters. The molecule has 0 aromatic heterocycles. The van der Waals surface area contributed by atoms with Crippen LogP contribution in [-0.2, 0) is 11.2 Å². The van der Waals surface area contributed by atoms with Crippen molar-refractivity contribution < 1.29 is 14.3 Å². The summed E-state index contributed by atoms with van der Waals surface area (Å²) in [6.45, 7) is 4.30. The first-order chi connectivity index (χ1) is 10.0. The van der Waals surface area contributed by atoms with Crippen LogP contribution in [0.5, 0.6) is 5.75 Å². The summed E-state index contributed by atoms with van der Waals surface area (Å²) in [4.78, 5) is 25.3. The lowest BCUT2D eigenvalue weighted by Gasteiger charge is -2.15. The van der Waals surface area contributed by atoms with Gasteiger partial charge in [0.2, 0.25) is 0 Å². The van der Waals surface area contributed by atoms with Gasteiger partial charge in [-0.15, -0.1) is 0 Å². The maximum atomic E-state index is 12.1. The second-order valence-corrected chi connectivity index (χ2v) is 5.58. The van der Waals surface area contributed by atoms with E-state index in [-0.39, 0.29) is 23.9 Å². The summed E-state index contributed by atoms with van der Waals surface area (Å²) in [7, 11) is 1.64. The van der Waals surface area contributed by atoms with Gasteiger partial charge < -0.3 is 10.1 Å². The topological polar surface area (TPSA) is 58.6 Å². The minimum atomic E-state index is -0.385. The largest absolute Gasteiger partial charge is 0.496 e. The van der Waals surface area contributed by atoms with Crippen molar-refractivity contribution in [2.45, 2.75) is 32.7 Å². The van der Waals surface area contributed by atoms with Crippen LogP contribution in [0.25, 0.3) is 0 Å². The van der Waals surface area contributed by atoms with Gasteiger partial charge in [0.15, 0.2) is 0 Å². The van der Waals surface area contributed by atoms with E-state index in [0.29, 0.717) is 6.54 Å². The lowest BCUT2D eigenvalue weighted by Crippen LogP contribution is -2.35. The zero-order valence-electron chi connectivity index (χ0n) is 12.8. The van der Waals surface area contributed by atoms with Crippen molar-refractivity contribution in [2.75, 3.05) is 13.7 Å². The highest BCUT2D eigenvalue weighted by Crippen LogP contribution is 2.20. The number of aryl methyl sites for hydroxylation is 1. The number of para-hydroxylation sites is 1. The van der Waals surface area contributed by atoms with Crippen molar-refractivity contribution in [3.8, 4) is 5.75 Å². The van der Waals surface area contributed by atoms with Crippen LogP contribution in [0.2, 0.25) is 0 Å². The monoisotopic (exact) mass is 290 g/mol. The Morgan fingerprint density at radius 3 is 2.62 bits per heavy atom. The number of methoxy groups -OCH3 is 1. The zero-order valence-corrected chi connectivity index (χ0v) is 12.8. The number of rotatable bonds is 6. The Labute approximate surface area is 125 Å². The second-order valence-electron chi connectivity index (χ2n) is 5.58. The van der Waals surface area contributed by atoms with Gasteiger partial charge in [-0.2, -0.15) is 0 Å². The molecule has 1 aromatic rings. The van der Waals surface area contributed by atoms with Gasteiger partial charge in [-0.25, -0.2) is 4.79 Å². The summed E-state index contributed by atoms with van der Waals surface area (Å²) in [6.07, 6.45) is 1.50. The quantitative estimate of drug-likeness (QED) is 0.817. The van der Waals surface area contributed by atoms with Crippen LogP contribution in [0.4, 0.5) is 4.79 Å². The minimum Gasteiger partial charge on any atom is -0.496 e. The number of nitrogens with one attached hydrogen (secondary N) is 1. The maximum Gasteiger partial charge on any atom is 0.324 e. The fourth-order valence-corrected chi connectivity index (χ4v) is 2.54. The lowest BCUT2D eigenvalue weighted by molar-refractivity contribution is -0.128. The number of carbonyl (C=O) groups excluding carboxylic acids is 2. The molecule has 3 amide bonds. The van der Waals surface area contributed by atoms with E-state index in [1.807, 2.05) is 38.1 Å². The van der Waals surface area contributed by atoms with Gasteiger partial charge in [-0.05, 0) is 30.4 Å². The second kappa shape index (κ2) is 6.61. The van der Waals surface area contributed by atoms with Crippen LogP contribution in [0.3, 0.4) is 0 Å². The van der Waals surface area contributed by atoms with Gasteiger partial charge >= 0.3 is 6.03 Å². The van der Waals surface area contributed by atoms with Gasteiger partial charge in [0.05, 0.1) is 7.11 Å². The number of ether oxygens (including phenoxy) is 1. The predicted molar refractivity (Wildman–Crippen MR) is 80.2 cm³/mol. The Kier molecular flexibility index (Phi) is 4.83. The summed E-state index contributed by atoms with van der Waals surface area (Å²) >= 11 is 0. The molecule has 1 aromatic carbocycles. The Bertz CT molecular complexity index is 528. The van der Waals surface area contributed by atoms with Crippen molar-refractivity contribution in [3.05, 3.63) is 29.8 Å². The SMILES string of the molecule is COc1ccccc1CCCN1C(=O)NC(C(C)C)C1=O. The first-order valence-electron chi connectivity index (χ1n) is 7.28. The summed E-state index contributed by atoms with van der Waals surface area (Å²) < 4.78 is 5.30. The molecule has 114 valence electrons. The van der Waals surface area contributed by atoms with E-state index >= 15 is 0 Å². The summed E-state index contributed by atoms with van der Waals surface area (Å²) in [5.41, 5.74) is 1.09. The summed E-state index contributed by atoms with van der Waals surface area (Å²) in [6, 6.07) is 7.13. The molecule has 0 saturated carbocycles. The molecular weight excluding hydrogens is 268 g/mol. The fraction of sp³-hybridized carbons (Fsp3) is 0.500. The standard InChI is InChI=1S/C16H22N2O3/c1-11(2)14-15(19)18(16(20)17-14)10-6-8-12-7-4-5-9-13(12)21-3/h4-5,7,9,11,14H,6,8,10H2,1-3H3,(H,17,20). The highest BCUT2D eigenvalue weighted by Gasteiger charge is 2.38. The molecule has 1 N–H and O–H groups in total. The van der Waals surface area contributed by atoms with Gasteiger partial charge in [0.1, 0.15) is 11.8 Å². The average molecular weight is 290 g/mol. The van der Waals surface area contributed by atoms with Crippen molar-refractivity contribution >= 4 is 11.9 Å². The molecule has 21 heavy (non-hydrogen) atoms. The van der Waals surface area contributed by atoms with Crippen molar-refractivity contribution in [2.24, 2.45) is 5.92 Å². The van der Waals surface area contributed by atoms with Crippen LogP contribution in [-0.4, -0.2) is 36.5 Å². The minimum absolute atomic E-state index is 0.112. The number of nitrogens with zero attached hydrogens (tertiary/aromatic N) is 1. The summed E-state index contributed by atoms with van der Waals surface area (Å²) in [5.74, 6) is 0.838. The van der Waals surface area contributed by atoms with E-state index in [4.69, 9.17) is 4.74 Å². The molecule has 0 bridgehead atoms. The van der Waals surface area contributed by atoms with Crippen LogP contribution in [0.15, 0.2) is 24.3 Å². The Balaban J connectivity index is 1.92. The molecular formula is C16H22N2O3. The molecule has 2 rings (SSSR count). The van der Waals surface area contributed by atoms with Crippen LogP contribution < -0.4 is 10.1 Å². The maximum absolute atomic E-state index is 12.1. The molecule has 1 aliphatic rings. The Hall–Kier alpha value is -2.04. The van der Waals surface area contributed by atoms with Crippen molar-refractivity contribution in [1.82, 2.24) is 10.2 Å². The van der Waals surface area contributed by atoms with Crippen LogP contribution in [0, 0.1) is 5.92 Å². The molecule has 0 aliphatic carbocycles. The third-order valence-corrected chi connectivity index (χ3v) is 3.74. The van der Waals surface area contributed by atoms with E-state index < -0.39 is 0 Å². The van der Waals surface area contributed by atoms with Gasteiger partial charge in [-0.1, -0.05) is 32.0 Å². The average Bonchev–Trinajstić information content (AvgIpc) is 2.75. The first-order valence-corrected chi connectivity index (χ1v) is 7.28. The molecule has 1 heterocycles. The van der Waals surface area contributed by atoms with Gasteiger partial charge in [0.25, 0.3) is 5.91 Å². The predicted octanol–water partition coefficient (Wildman–Crippen LogP) is 2.20. The Morgan fingerprint density at radius 2 is 2.00 bits per heavy atom. The molecule has 0 spiro atoms. The highest BCUT2D eigenvalue weighted by atomic mass is 16.5. The number of benzene rings is 1. The van der Waals surface area contributed by atoms with Gasteiger partial charge in [0, 0.05) is 6.54 Å². The molecule has 1 saturated heterocycles. The van der Waals surface area contributed by atoms with Crippen LogP contribution in [0.1, 0.15) is 25.8 Å². The number of hydrogen-bond donors (Lipinski definition) is 1. The molecule has 1 aliphatic heterocycles. The number of urea groups is 1. The number of carbonyl (C=O) groups is 2. The van der Waals surface area contributed by atoms with E-state index in [1.165, 1.54) is 4.90 Å². The third kappa shape index (κ3) is 3.35. The molecule has 1 fully saturated rings. The smallest absolute Gasteiger partial charge is 0.324 e. The molecule has 5 nitrogen and oxygen atoms in total. The van der Waals surface area contributed by atoms with Crippen LogP contribution >= 0.6 is 0 Å². The Morgan fingerprint density at radius 1 is 1.29 bits per heavy atom. The van der Waals surface area contributed by atoms with Gasteiger partial charge in [-0.3, -0.25) is 9.69 Å². The fourth-order valence-electron chi connectivity index (χ4n) is 2.54. The van der Waals surface area contributed by atoms with E-state index in [2.05, 4.69) is 5.32 Å². The van der Waals surface area contributed by atoms with E-state index in [9.17, 15) is 9.59 Å².